The Bertz CT molecular complexity index is 774. The zero-order chi connectivity index (χ0) is 15.6. The van der Waals surface area contributed by atoms with Crippen molar-refractivity contribution in [3.63, 3.8) is 0 Å². The molecule has 1 unspecified atom stereocenters. The Hall–Kier alpha value is -2.32. The molecule has 0 bridgehead atoms. The number of hydrogen-bond donors (Lipinski definition) is 0. The minimum absolute atomic E-state index is 0.450. The second-order valence-electron chi connectivity index (χ2n) is 6.42. The number of aromatic nitrogens is 1. The molecule has 0 fully saturated rings. The summed E-state index contributed by atoms with van der Waals surface area (Å²) in [5, 5.41) is 0. The van der Waals surface area contributed by atoms with Crippen molar-refractivity contribution in [3.05, 3.63) is 95.3 Å². The highest BCUT2D eigenvalue weighted by atomic mass is 15.2. The van der Waals surface area contributed by atoms with Crippen LogP contribution in [0.2, 0.25) is 0 Å². The van der Waals surface area contributed by atoms with Gasteiger partial charge in [0.05, 0.1) is 0 Å². The Morgan fingerprint density at radius 2 is 1.61 bits per heavy atom. The third-order valence-corrected chi connectivity index (χ3v) is 4.92. The first-order chi connectivity index (χ1) is 11.3. The molecule has 0 spiro atoms. The third kappa shape index (κ3) is 2.82. The van der Waals surface area contributed by atoms with E-state index in [1.807, 2.05) is 0 Å². The molecular weight excluding hydrogens is 280 g/mol. The van der Waals surface area contributed by atoms with Gasteiger partial charge in [0.2, 0.25) is 0 Å². The molecule has 23 heavy (non-hydrogen) atoms. The third-order valence-electron chi connectivity index (χ3n) is 4.92. The van der Waals surface area contributed by atoms with Gasteiger partial charge in [-0.15, -0.1) is 0 Å². The Kier molecular flexibility index (Phi) is 3.76. The SMILES string of the molecule is Cn1ccc2c1CN(Cc1ccccc1)C(c1ccccc1)C2. The van der Waals surface area contributed by atoms with Crippen molar-refractivity contribution in [1.29, 1.82) is 0 Å². The van der Waals surface area contributed by atoms with Crippen LogP contribution in [0.3, 0.4) is 0 Å². The Morgan fingerprint density at radius 1 is 0.913 bits per heavy atom. The summed E-state index contributed by atoms with van der Waals surface area (Å²) in [5.74, 6) is 0. The minimum atomic E-state index is 0.450. The van der Waals surface area contributed by atoms with Gasteiger partial charge in [-0.05, 0) is 29.2 Å². The molecule has 1 aliphatic rings. The van der Waals surface area contributed by atoms with Gasteiger partial charge in [0.25, 0.3) is 0 Å². The lowest BCUT2D eigenvalue weighted by Gasteiger charge is -2.36. The molecule has 0 amide bonds. The predicted molar refractivity (Wildman–Crippen MR) is 94.0 cm³/mol. The summed E-state index contributed by atoms with van der Waals surface area (Å²) in [4.78, 5) is 2.60. The fraction of sp³-hybridized carbons (Fsp3) is 0.238. The van der Waals surface area contributed by atoms with E-state index in [2.05, 4.69) is 89.4 Å². The van der Waals surface area contributed by atoms with Gasteiger partial charge in [-0.1, -0.05) is 60.7 Å². The molecule has 116 valence electrons. The number of hydrogen-bond acceptors (Lipinski definition) is 1. The van der Waals surface area contributed by atoms with Crippen LogP contribution >= 0.6 is 0 Å². The summed E-state index contributed by atoms with van der Waals surface area (Å²) >= 11 is 0. The smallest absolute Gasteiger partial charge is 0.0399 e. The highest BCUT2D eigenvalue weighted by Gasteiger charge is 2.28. The molecule has 0 saturated carbocycles. The average Bonchev–Trinajstić information content (AvgIpc) is 2.96. The molecule has 2 heteroatoms. The normalized spacial score (nSPS) is 17.9. The second-order valence-corrected chi connectivity index (χ2v) is 6.42. The van der Waals surface area contributed by atoms with Gasteiger partial charge >= 0.3 is 0 Å². The lowest BCUT2D eigenvalue weighted by molar-refractivity contribution is 0.159. The van der Waals surface area contributed by atoms with Crippen LogP contribution in [0.1, 0.15) is 28.4 Å². The molecule has 0 N–H and O–H groups in total. The highest BCUT2D eigenvalue weighted by molar-refractivity contribution is 5.31. The van der Waals surface area contributed by atoms with E-state index in [0.29, 0.717) is 6.04 Å². The largest absolute Gasteiger partial charge is 0.353 e. The maximum Gasteiger partial charge on any atom is 0.0399 e. The summed E-state index contributed by atoms with van der Waals surface area (Å²) in [5.41, 5.74) is 5.74. The molecule has 2 aromatic carbocycles. The maximum absolute atomic E-state index is 2.60. The molecular formula is C21H22N2. The van der Waals surface area contributed by atoms with Crippen LogP contribution in [0.15, 0.2) is 72.9 Å². The minimum Gasteiger partial charge on any atom is -0.353 e. The van der Waals surface area contributed by atoms with Crippen molar-refractivity contribution in [2.75, 3.05) is 0 Å². The van der Waals surface area contributed by atoms with E-state index < -0.39 is 0 Å². The van der Waals surface area contributed by atoms with Crippen LogP contribution in [-0.4, -0.2) is 9.47 Å². The van der Waals surface area contributed by atoms with Gasteiger partial charge in [-0.25, -0.2) is 0 Å². The quantitative estimate of drug-likeness (QED) is 0.699. The monoisotopic (exact) mass is 302 g/mol. The van der Waals surface area contributed by atoms with Crippen molar-refractivity contribution in [2.45, 2.75) is 25.6 Å². The zero-order valence-corrected chi connectivity index (χ0v) is 13.5. The first kappa shape index (κ1) is 14.3. The second kappa shape index (κ2) is 6.05. The van der Waals surface area contributed by atoms with E-state index in [1.54, 1.807) is 0 Å². The molecule has 0 aliphatic carbocycles. The lowest BCUT2D eigenvalue weighted by atomic mass is 9.93. The number of rotatable bonds is 3. The van der Waals surface area contributed by atoms with E-state index in [-0.39, 0.29) is 0 Å². The van der Waals surface area contributed by atoms with Gasteiger partial charge in [-0.2, -0.15) is 0 Å². The van der Waals surface area contributed by atoms with Crippen LogP contribution in [-0.2, 0) is 26.6 Å². The molecule has 2 heterocycles. The van der Waals surface area contributed by atoms with E-state index in [4.69, 9.17) is 0 Å². The number of nitrogens with zero attached hydrogens (tertiary/aromatic N) is 2. The fourth-order valence-electron chi connectivity index (χ4n) is 3.64. The standard InChI is InChI=1S/C21H22N2/c1-22-13-12-19-14-20(18-10-6-3-7-11-18)23(16-21(19)22)15-17-8-4-2-5-9-17/h2-13,20H,14-16H2,1H3. The van der Waals surface area contributed by atoms with Crippen molar-refractivity contribution < 1.29 is 0 Å². The Balaban J connectivity index is 1.69. The first-order valence-electron chi connectivity index (χ1n) is 8.27. The summed E-state index contributed by atoms with van der Waals surface area (Å²) in [7, 11) is 2.16. The summed E-state index contributed by atoms with van der Waals surface area (Å²) < 4.78 is 2.27. The zero-order valence-electron chi connectivity index (χ0n) is 13.5. The average molecular weight is 302 g/mol. The predicted octanol–water partition coefficient (Wildman–Crippen LogP) is 4.32. The number of aryl methyl sites for hydroxylation is 1. The molecule has 4 rings (SSSR count). The lowest BCUT2D eigenvalue weighted by Crippen LogP contribution is -2.34. The first-order valence-corrected chi connectivity index (χ1v) is 8.27. The molecule has 0 saturated heterocycles. The molecule has 2 nitrogen and oxygen atoms in total. The van der Waals surface area contributed by atoms with Crippen molar-refractivity contribution >= 4 is 0 Å². The Morgan fingerprint density at radius 3 is 2.35 bits per heavy atom. The topological polar surface area (TPSA) is 8.17 Å². The van der Waals surface area contributed by atoms with Crippen LogP contribution in [0, 0.1) is 0 Å². The van der Waals surface area contributed by atoms with E-state index in [0.717, 1.165) is 19.5 Å². The van der Waals surface area contributed by atoms with Gasteiger partial charge in [0.1, 0.15) is 0 Å². The van der Waals surface area contributed by atoms with Crippen molar-refractivity contribution in [3.8, 4) is 0 Å². The van der Waals surface area contributed by atoms with Gasteiger partial charge in [0.15, 0.2) is 0 Å². The van der Waals surface area contributed by atoms with Crippen molar-refractivity contribution in [1.82, 2.24) is 9.47 Å². The fourth-order valence-corrected chi connectivity index (χ4v) is 3.64. The summed E-state index contributed by atoms with van der Waals surface area (Å²) in [6, 6.07) is 24.4. The molecule has 1 aromatic heterocycles. The number of benzene rings is 2. The van der Waals surface area contributed by atoms with Gasteiger partial charge < -0.3 is 4.57 Å². The van der Waals surface area contributed by atoms with Gasteiger partial charge in [-0.3, -0.25) is 4.90 Å². The Labute approximate surface area is 138 Å². The van der Waals surface area contributed by atoms with Crippen LogP contribution in [0.25, 0.3) is 0 Å². The molecule has 1 aliphatic heterocycles. The summed E-state index contributed by atoms with van der Waals surface area (Å²) in [6.45, 7) is 2.00. The molecule has 0 radical (unpaired) electrons. The van der Waals surface area contributed by atoms with Crippen LogP contribution < -0.4 is 0 Å². The summed E-state index contributed by atoms with van der Waals surface area (Å²) in [6.07, 6.45) is 3.28. The molecule has 3 aromatic rings. The molecule has 1 atom stereocenters. The van der Waals surface area contributed by atoms with Crippen molar-refractivity contribution in [2.24, 2.45) is 7.05 Å². The maximum atomic E-state index is 2.60. The van der Waals surface area contributed by atoms with Gasteiger partial charge in [0, 0.05) is 38.1 Å². The highest BCUT2D eigenvalue weighted by Crippen LogP contribution is 2.34. The van der Waals surface area contributed by atoms with Crippen LogP contribution in [0.5, 0.6) is 0 Å². The number of fused-ring (bicyclic) bond motifs is 1. The van der Waals surface area contributed by atoms with E-state index in [9.17, 15) is 0 Å². The van der Waals surface area contributed by atoms with E-state index in [1.165, 1.54) is 22.4 Å². The van der Waals surface area contributed by atoms with Crippen LogP contribution in [0.4, 0.5) is 0 Å². The van der Waals surface area contributed by atoms with E-state index >= 15 is 0 Å².